The lowest BCUT2D eigenvalue weighted by molar-refractivity contribution is 0.302. The first-order valence-corrected chi connectivity index (χ1v) is 9.53. The molecule has 0 bridgehead atoms. The van der Waals surface area contributed by atoms with Gasteiger partial charge in [-0.05, 0) is 50.7 Å². The number of fused-ring (bicyclic) bond motifs is 1. The molecule has 136 valence electrons. The van der Waals surface area contributed by atoms with E-state index in [1.54, 1.807) is 0 Å². The Morgan fingerprint density at radius 2 is 2.19 bits per heavy atom. The number of anilines is 1. The Hall–Kier alpha value is -2.40. The molecule has 4 N–H and O–H groups in total. The van der Waals surface area contributed by atoms with E-state index in [1.165, 1.54) is 5.39 Å². The van der Waals surface area contributed by atoms with Crippen LogP contribution in [0.3, 0.4) is 0 Å². The zero-order valence-electron chi connectivity index (χ0n) is 15.5. The van der Waals surface area contributed by atoms with E-state index in [4.69, 9.17) is 10.7 Å². The molecule has 2 heterocycles. The van der Waals surface area contributed by atoms with Crippen molar-refractivity contribution in [1.29, 1.82) is 0 Å². The highest BCUT2D eigenvalue weighted by atomic mass is 15.1. The normalized spacial score (nSPS) is 23.3. The topological polar surface area (TPSA) is 79.6 Å². The monoisotopic (exact) mass is 349 g/mol. The molecule has 2 atom stereocenters. The number of nitrogens with two attached hydrogens (primary N) is 1. The van der Waals surface area contributed by atoms with E-state index in [1.807, 2.05) is 18.5 Å². The number of H-pyrrole nitrogens is 1. The van der Waals surface area contributed by atoms with E-state index in [2.05, 4.69) is 47.3 Å². The summed E-state index contributed by atoms with van der Waals surface area (Å²) in [7, 11) is 0. The molecule has 1 fully saturated rings. The van der Waals surface area contributed by atoms with Gasteiger partial charge in [0.15, 0.2) is 0 Å². The third kappa shape index (κ3) is 3.31. The predicted octanol–water partition coefficient (Wildman–Crippen LogP) is 4.26. The zero-order valence-corrected chi connectivity index (χ0v) is 15.5. The molecule has 0 spiro atoms. The highest BCUT2D eigenvalue weighted by Crippen LogP contribution is 2.31. The molecular formula is C21H27N5. The second-order valence-electron chi connectivity index (χ2n) is 7.76. The summed E-state index contributed by atoms with van der Waals surface area (Å²) in [6, 6.07) is 8.67. The Labute approximate surface area is 154 Å². The molecule has 0 aliphatic heterocycles. The third-order valence-corrected chi connectivity index (χ3v) is 5.44. The van der Waals surface area contributed by atoms with Gasteiger partial charge in [0.25, 0.3) is 0 Å². The number of aromatic nitrogens is 3. The van der Waals surface area contributed by atoms with Crippen LogP contribution in [-0.4, -0.2) is 26.5 Å². The van der Waals surface area contributed by atoms with Gasteiger partial charge in [-0.15, -0.1) is 0 Å². The summed E-state index contributed by atoms with van der Waals surface area (Å²) in [4.78, 5) is 12.8. The SMILES string of the molecule is CCc1cnc(N[C@@H]2CCC[C@](C)(N)C2)nc1-c1c[nH]c2ccccc12. The fraction of sp³-hybridized carbons (Fsp3) is 0.429. The van der Waals surface area contributed by atoms with Crippen LogP contribution in [0.15, 0.2) is 36.7 Å². The van der Waals surface area contributed by atoms with Crippen LogP contribution >= 0.6 is 0 Å². The highest BCUT2D eigenvalue weighted by molar-refractivity contribution is 5.95. The minimum Gasteiger partial charge on any atom is -0.360 e. The minimum atomic E-state index is -0.0983. The zero-order chi connectivity index (χ0) is 18.1. The quantitative estimate of drug-likeness (QED) is 0.657. The molecule has 1 saturated carbocycles. The molecule has 1 aromatic carbocycles. The Bertz CT molecular complexity index is 912. The Morgan fingerprint density at radius 3 is 3.00 bits per heavy atom. The second kappa shape index (κ2) is 6.72. The summed E-state index contributed by atoms with van der Waals surface area (Å²) in [5.74, 6) is 0.699. The van der Waals surface area contributed by atoms with Gasteiger partial charge in [0, 0.05) is 40.4 Å². The van der Waals surface area contributed by atoms with E-state index >= 15 is 0 Å². The van der Waals surface area contributed by atoms with Crippen LogP contribution in [-0.2, 0) is 6.42 Å². The fourth-order valence-electron chi connectivity index (χ4n) is 4.06. The van der Waals surface area contributed by atoms with Crippen molar-refractivity contribution in [3.8, 4) is 11.3 Å². The first kappa shape index (κ1) is 17.0. The molecule has 0 radical (unpaired) electrons. The molecule has 2 aromatic heterocycles. The maximum Gasteiger partial charge on any atom is 0.223 e. The molecule has 4 rings (SSSR count). The summed E-state index contributed by atoms with van der Waals surface area (Å²) in [6.45, 7) is 4.28. The van der Waals surface area contributed by atoms with Crippen molar-refractivity contribution < 1.29 is 0 Å². The third-order valence-electron chi connectivity index (χ3n) is 5.44. The van der Waals surface area contributed by atoms with Gasteiger partial charge in [0.1, 0.15) is 0 Å². The number of nitrogens with one attached hydrogen (secondary N) is 2. The van der Waals surface area contributed by atoms with Crippen LogP contribution in [0, 0.1) is 0 Å². The number of nitrogens with zero attached hydrogens (tertiary/aromatic N) is 2. The van der Waals surface area contributed by atoms with Crippen molar-refractivity contribution in [2.24, 2.45) is 5.73 Å². The largest absolute Gasteiger partial charge is 0.360 e. The summed E-state index contributed by atoms with van der Waals surface area (Å²) in [5, 5.41) is 4.72. The van der Waals surface area contributed by atoms with Crippen molar-refractivity contribution in [1.82, 2.24) is 15.0 Å². The lowest BCUT2D eigenvalue weighted by Gasteiger charge is -2.35. The molecule has 5 nitrogen and oxygen atoms in total. The van der Waals surface area contributed by atoms with Gasteiger partial charge in [-0.3, -0.25) is 0 Å². The molecular weight excluding hydrogens is 322 g/mol. The summed E-state index contributed by atoms with van der Waals surface area (Å²) >= 11 is 0. The Morgan fingerprint density at radius 1 is 1.35 bits per heavy atom. The van der Waals surface area contributed by atoms with Crippen molar-refractivity contribution >= 4 is 16.9 Å². The van der Waals surface area contributed by atoms with Crippen molar-refractivity contribution in [2.75, 3.05) is 5.32 Å². The maximum atomic E-state index is 6.35. The number of aromatic amines is 1. The lowest BCUT2D eigenvalue weighted by atomic mass is 9.81. The first-order valence-electron chi connectivity index (χ1n) is 9.53. The van der Waals surface area contributed by atoms with Gasteiger partial charge in [0.05, 0.1) is 5.69 Å². The smallest absolute Gasteiger partial charge is 0.223 e. The van der Waals surface area contributed by atoms with Gasteiger partial charge < -0.3 is 16.0 Å². The van der Waals surface area contributed by atoms with Crippen LogP contribution in [0.4, 0.5) is 5.95 Å². The molecule has 5 heteroatoms. The van der Waals surface area contributed by atoms with E-state index in [9.17, 15) is 0 Å². The maximum absolute atomic E-state index is 6.35. The highest BCUT2D eigenvalue weighted by Gasteiger charge is 2.28. The van der Waals surface area contributed by atoms with E-state index in [0.29, 0.717) is 12.0 Å². The predicted molar refractivity (Wildman–Crippen MR) is 107 cm³/mol. The van der Waals surface area contributed by atoms with Crippen LogP contribution in [0.5, 0.6) is 0 Å². The molecule has 1 aliphatic rings. The lowest BCUT2D eigenvalue weighted by Crippen LogP contribution is -2.45. The van der Waals surface area contributed by atoms with Crippen LogP contribution in [0.25, 0.3) is 22.2 Å². The fourth-order valence-corrected chi connectivity index (χ4v) is 4.06. The number of rotatable bonds is 4. The van der Waals surface area contributed by atoms with Gasteiger partial charge in [-0.25, -0.2) is 9.97 Å². The number of hydrogen-bond acceptors (Lipinski definition) is 4. The average Bonchev–Trinajstić information content (AvgIpc) is 3.05. The van der Waals surface area contributed by atoms with Gasteiger partial charge >= 0.3 is 0 Å². The van der Waals surface area contributed by atoms with Crippen LogP contribution < -0.4 is 11.1 Å². The Kier molecular flexibility index (Phi) is 4.41. The minimum absolute atomic E-state index is 0.0983. The van der Waals surface area contributed by atoms with Crippen LogP contribution in [0.2, 0.25) is 0 Å². The Balaban J connectivity index is 1.68. The summed E-state index contributed by atoms with van der Waals surface area (Å²) in [5.41, 5.74) is 10.7. The van der Waals surface area contributed by atoms with Crippen LogP contribution in [0.1, 0.15) is 45.1 Å². The number of benzene rings is 1. The number of aryl methyl sites for hydroxylation is 1. The van der Waals surface area contributed by atoms with Gasteiger partial charge in [0.2, 0.25) is 5.95 Å². The van der Waals surface area contributed by atoms with E-state index in [0.717, 1.165) is 54.4 Å². The van der Waals surface area contributed by atoms with Crippen molar-refractivity contribution in [3.63, 3.8) is 0 Å². The molecule has 0 amide bonds. The van der Waals surface area contributed by atoms with Gasteiger partial charge in [-0.1, -0.05) is 25.1 Å². The molecule has 1 aliphatic carbocycles. The molecule has 0 saturated heterocycles. The second-order valence-corrected chi connectivity index (χ2v) is 7.76. The van der Waals surface area contributed by atoms with Crippen molar-refractivity contribution in [2.45, 2.75) is 57.5 Å². The average molecular weight is 349 g/mol. The molecule has 0 unspecified atom stereocenters. The summed E-state index contributed by atoms with van der Waals surface area (Å²) < 4.78 is 0. The van der Waals surface area contributed by atoms with Gasteiger partial charge in [-0.2, -0.15) is 0 Å². The first-order chi connectivity index (χ1) is 12.6. The van der Waals surface area contributed by atoms with E-state index in [-0.39, 0.29) is 5.54 Å². The number of hydrogen-bond donors (Lipinski definition) is 3. The number of para-hydroxylation sites is 1. The van der Waals surface area contributed by atoms with Crippen molar-refractivity contribution in [3.05, 3.63) is 42.2 Å². The van der Waals surface area contributed by atoms with E-state index < -0.39 is 0 Å². The summed E-state index contributed by atoms with van der Waals surface area (Å²) in [6.07, 6.45) is 9.21. The molecule has 3 aromatic rings. The standard InChI is InChI=1S/C21H27N5/c1-3-14-12-24-20(25-15-7-6-10-21(2,22)11-15)26-19(14)17-13-23-18-9-5-4-8-16(17)18/h4-5,8-9,12-13,15,23H,3,6-7,10-11,22H2,1-2H3,(H,24,25,26)/t15-,21+/m1/s1. The molecule has 26 heavy (non-hydrogen) atoms.